The average molecular weight is 399 g/mol. The summed E-state index contributed by atoms with van der Waals surface area (Å²) in [5.74, 6) is 0.624. The van der Waals surface area contributed by atoms with Crippen LogP contribution in [0.5, 0.6) is 5.75 Å². The van der Waals surface area contributed by atoms with Gasteiger partial charge in [0.1, 0.15) is 11.4 Å². The summed E-state index contributed by atoms with van der Waals surface area (Å²) in [6, 6.07) is 17.8. The third-order valence-corrected chi connectivity index (χ3v) is 4.90. The Morgan fingerprint density at radius 3 is 2.80 bits per heavy atom. The summed E-state index contributed by atoms with van der Waals surface area (Å²) in [4.78, 5) is 29.6. The SMILES string of the molecule is CC1Oc2ccc(NC(=O)c3cc(-c4ccco4)nc4ccccc34)cc2NC1=O. The Morgan fingerprint density at radius 1 is 1.10 bits per heavy atom. The molecule has 1 aliphatic rings. The van der Waals surface area contributed by atoms with Gasteiger partial charge >= 0.3 is 0 Å². The number of pyridine rings is 1. The van der Waals surface area contributed by atoms with Gasteiger partial charge in [0.2, 0.25) is 0 Å². The van der Waals surface area contributed by atoms with Crippen molar-refractivity contribution >= 4 is 34.1 Å². The van der Waals surface area contributed by atoms with Crippen molar-refractivity contribution < 1.29 is 18.7 Å². The summed E-state index contributed by atoms with van der Waals surface area (Å²) in [7, 11) is 0. The molecule has 1 unspecified atom stereocenters. The van der Waals surface area contributed by atoms with Gasteiger partial charge in [-0.1, -0.05) is 18.2 Å². The van der Waals surface area contributed by atoms with Gasteiger partial charge in [-0.25, -0.2) is 4.98 Å². The second-order valence-electron chi connectivity index (χ2n) is 6.96. The number of hydrogen-bond acceptors (Lipinski definition) is 5. The maximum atomic E-state index is 13.1. The molecule has 2 amide bonds. The third-order valence-electron chi connectivity index (χ3n) is 4.90. The molecular formula is C23H17N3O4. The maximum absolute atomic E-state index is 13.1. The van der Waals surface area contributed by atoms with Crippen LogP contribution in [-0.4, -0.2) is 22.9 Å². The predicted molar refractivity (Wildman–Crippen MR) is 113 cm³/mol. The van der Waals surface area contributed by atoms with E-state index in [1.54, 1.807) is 49.6 Å². The minimum atomic E-state index is -0.554. The number of nitrogens with one attached hydrogen (secondary N) is 2. The molecule has 3 heterocycles. The molecular weight excluding hydrogens is 382 g/mol. The standard InChI is InChI=1S/C23H17N3O4/c1-13-22(27)26-18-11-14(8-9-21(18)30-13)24-23(28)16-12-19(20-7-4-10-29-20)25-17-6-3-2-5-15(16)17/h2-13H,1H3,(H,24,28)(H,26,27). The topological polar surface area (TPSA) is 93.5 Å². The third kappa shape index (κ3) is 3.16. The monoisotopic (exact) mass is 399 g/mol. The lowest BCUT2D eigenvalue weighted by atomic mass is 10.1. The zero-order chi connectivity index (χ0) is 20.7. The van der Waals surface area contributed by atoms with Gasteiger partial charge in [0, 0.05) is 11.1 Å². The van der Waals surface area contributed by atoms with E-state index < -0.39 is 6.10 Å². The Balaban J connectivity index is 1.51. The van der Waals surface area contributed by atoms with Crippen molar-refractivity contribution in [2.75, 3.05) is 10.6 Å². The van der Waals surface area contributed by atoms with Crippen LogP contribution in [0.3, 0.4) is 0 Å². The molecule has 5 rings (SSSR count). The summed E-state index contributed by atoms with van der Waals surface area (Å²) >= 11 is 0. The normalized spacial score (nSPS) is 15.2. The first kappa shape index (κ1) is 17.9. The first-order valence-electron chi connectivity index (χ1n) is 9.45. The van der Waals surface area contributed by atoms with E-state index in [1.165, 1.54) is 0 Å². The van der Waals surface area contributed by atoms with E-state index in [1.807, 2.05) is 24.3 Å². The van der Waals surface area contributed by atoms with Gasteiger partial charge in [-0.15, -0.1) is 0 Å². The summed E-state index contributed by atoms with van der Waals surface area (Å²) in [6.07, 6.45) is 1.01. The molecule has 0 bridgehead atoms. The highest BCUT2D eigenvalue weighted by molar-refractivity contribution is 6.13. The summed E-state index contributed by atoms with van der Waals surface area (Å²) in [5, 5.41) is 6.41. The van der Waals surface area contributed by atoms with E-state index in [9.17, 15) is 9.59 Å². The van der Waals surface area contributed by atoms with E-state index in [0.717, 1.165) is 5.39 Å². The van der Waals surface area contributed by atoms with Gasteiger partial charge in [-0.05, 0) is 49.4 Å². The van der Waals surface area contributed by atoms with Gasteiger partial charge in [0.05, 0.1) is 23.0 Å². The number of aromatic nitrogens is 1. The van der Waals surface area contributed by atoms with Crippen molar-refractivity contribution in [3.63, 3.8) is 0 Å². The summed E-state index contributed by atoms with van der Waals surface area (Å²) < 4.78 is 11.0. The van der Waals surface area contributed by atoms with E-state index in [2.05, 4.69) is 15.6 Å². The number of para-hydroxylation sites is 1. The molecule has 7 nitrogen and oxygen atoms in total. The Labute approximate surface area is 171 Å². The number of rotatable bonds is 3. The Kier molecular flexibility index (Phi) is 4.21. The van der Waals surface area contributed by atoms with Crippen LogP contribution in [0.2, 0.25) is 0 Å². The highest BCUT2D eigenvalue weighted by Crippen LogP contribution is 2.33. The molecule has 2 aromatic carbocycles. The molecule has 4 aromatic rings. The van der Waals surface area contributed by atoms with Gasteiger partial charge < -0.3 is 19.8 Å². The molecule has 0 saturated carbocycles. The van der Waals surface area contributed by atoms with Crippen LogP contribution < -0.4 is 15.4 Å². The molecule has 0 saturated heterocycles. The number of furan rings is 1. The molecule has 2 aromatic heterocycles. The average Bonchev–Trinajstić information content (AvgIpc) is 3.29. The van der Waals surface area contributed by atoms with Gasteiger partial charge in [0.25, 0.3) is 11.8 Å². The Hall–Kier alpha value is -4.13. The number of hydrogen-bond donors (Lipinski definition) is 2. The Bertz CT molecular complexity index is 1280. The number of ether oxygens (including phenoxy) is 1. The van der Waals surface area contributed by atoms with Crippen LogP contribution in [0.4, 0.5) is 11.4 Å². The van der Waals surface area contributed by atoms with Crippen molar-refractivity contribution in [2.24, 2.45) is 0 Å². The lowest BCUT2D eigenvalue weighted by molar-refractivity contribution is -0.122. The van der Waals surface area contributed by atoms with Crippen molar-refractivity contribution in [2.45, 2.75) is 13.0 Å². The molecule has 0 spiro atoms. The van der Waals surface area contributed by atoms with Crippen LogP contribution in [0.25, 0.3) is 22.4 Å². The molecule has 1 aliphatic heterocycles. The van der Waals surface area contributed by atoms with Crippen molar-refractivity contribution in [3.05, 3.63) is 72.5 Å². The lowest BCUT2D eigenvalue weighted by Gasteiger charge is -2.23. The highest BCUT2D eigenvalue weighted by atomic mass is 16.5. The minimum Gasteiger partial charge on any atom is -0.479 e. The van der Waals surface area contributed by atoms with Crippen molar-refractivity contribution in [1.82, 2.24) is 4.98 Å². The molecule has 30 heavy (non-hydrogen) atoms. The fraction of sp³-hybridized carbons (Fsp3) is 0.0870. The quantitative estimate of drug-likeness (QED) is 0.530. The van der Waals surface area contributed by atoms with E-state index >= 15 is 0 Å². The number of benzene rings is 2. The van der Waals surface area contributed by atoms with Crippen LogP contribution in [0.1, 0.15) is 17.3 Å². The zero-order valence-corrected chi connectivity index (χ0v) is 16.0. The summed E-state index contributed by atoms with van der Waals surface area (Å²) in [5.41, 5.74) is 2.80. The lowest BCUT2D eigenvalue weighted by Crippen LogP contribution is -2.34. The van der Waals surface area contributed by atoms with Crippen molar-refractivity contribution in [1.29, 1.82) is 0 Å². The smallest absolute Gasteiger partial charge is 0.265 e. The molecule has 0 fully saturated rings. The first-order valence-corrected chi connectivity index (χ1v) is 9.45. The van der Waals surface area contributed by atoms with Crippen LogP contribution in [-0.2, 0) is 4.79 Å². The summed E-state index contributed by atoms with van der Waals surface area (Å²) in [6.45, 7) is 1.68. The van der Waals surface area contributed by atoms with Gasteiger partial charge in [-0.3, -0.25) is 9.59 Å². The second-order valence-corrected chi connectivity index (χ2v) is 6.96. The molecule has 0 aliphatic carbocycles. The fourth-order valence-electron chi connectivity index (χ4n) is 3.40. The van der Waals surface area contributed by atoms with Crippen molar-refractivity contribution in [3.8, 4) is 17.2 Å². The number of nitrogens with zero attached hydrogens (tertiary/aromatic N) is 1. The van der Waals surface area contributed by atoms with E-state index in [0.29, 0.717) is 39.7 Å². The molecule has 1 atom stereocenters. The number of carbonyl (C=O) groups is 2. The zero-order valence-electron chi connectivity index (χ0n) is 16.0. The maximum Gasteiger partial charge on any atom is 0.265 e. The first-order chi connectivity index (χ1) is 14.6. The van der Waals surface area contributed by atoms with E-state index in [4.69, 9.17) is 9.15 Å². The van der Waals surface area contributed by atoms with Gasteiger partial charge in [0.15, 0.2) is 11.9 Å². The van der Waals surface area contributed by atoms with Crippen LogP contribution >= 0.6 is 0 Å². The van der Waals surface area contributed by atoms with Gasteiger partial charge in [-0.2, -0.15) is 0 Å². The molecule has 2 N–H and O–H groups in total. The minimum absolute atomic E-state index is 0.228. The van der Waals surface area contributed by atoms with Crippen LogP contribution in [0.15, 0.2) is 71.3 Å². The molecule has 0 radical (unpaired) electrons. The highest BCUT2D eigenvalue weighted by Gasteiger charge is 2.24. The number of amides is 2. The predicted octanol–water partition coefficient (Wildman–Crippen LogP) is 4.47. The largest absolute Gasteiger partial charge is 0.479 e. The fourth-order valence-corrected chi connectivity index (χ4v) is 3.40. The number of anilines is 2. The Morgan fingerprint density at radius 2 is 1.97 bits per heavy atom. The van der Waals surface area contributed by atoms with Crippen LogP contribution in [0, 0.1) is 0 Å². The molecule has 148 valence electrons. The van der Waals surface area contributed by atoms with E-state index in [-0.39, 0.29) is 11.8 Å². The second kappa shape index (κ2) is 7.04. The molecule has 7 heteroatoms. The number of fused-ring (bicyclic) bond motifs is 2. The number of carbonyl (C=O) groups excluding carboxylic acids is 2.